The molecule has 0 bridgehead atoms. The van der Waals surface area contributed by atoms with E-state index in [4.69, 9.17) is 0 Å². The van der Waals surface area contributed by atoms with Crippen LogP contribution in [0.3, 0.4) is 0 Å². The van der Waals surface area contributed by atoms with Gasteiger partial charge < -0.3 is 15.5 Å². The minimum absolute atomic E-state index is 0. The molecule has 0 aromatic carbocycles. The van der Waals surface area contributed by atoms with E-state index in [-0.39, 0.29) is 36.7 Å². The fourth-order valence-electron chi connectivity index (χ4n) is 2.35. The second-order valence-corrected chi connectivity index (χ2v) is 5.15. The van der Waals surface area contributed by atoms with Gasteiger partial charge in [0.05, 0.1) is 12.5 Å². The molecule has 1 aliphatic rings. The predicted octanol–water partition coefficient (Wildman–Crippen LogP) is 1.17. The van der Waals surface area contributed by atoms with Gasteiger partial charge in [-0.3, -0.25) is 9.59 Å². The minimum Gasteiger partial charge on any atom is -0.355 e. The number of nitrogens with one attached hydrogen (secondary N) is 2. The van der Waals surface area contributed by atoms with Gasteiger partial charge in [-0.25, -0.2) is 0 Å². The van der Waals surface area contributed by atoms with Crippen LogP contribution in [0.2, 0.25) is 0 Å². The summed E-state index contributed by atoms with van der Waals surface area (Å²) in [7, 11) is 0. The van der Waals surface area contributed by atoms with Gasteiger partial charge in [0, 0.05) is 19.6 Å². The summed E-state index contributed by atoms with van der Waals surface area (Å²) in [6, 6.07) is 0. The van der Waals surface area contributed by atoms with E-state index in [1.807, 2.05) is 13.8 Å². The van der Waals surface area contributed by atoms with Crippen LogP contribution in [0.1, 0.15) is 39.5 Å². The van der Waals surface area contributed by atoms with Crippen molar-refractivity contribution < 1.29 is 9.59 Å². The second kappa shape index (κ2) is 10.9. The highest BCUT2D eigenvalue weighted by Crippen LogP contribution is 2.13. The van der Waals surface area contributed by atoms with Crippen LogP contribution in [0.4, 0.5) is 0 Å². The molecule has 1 fully saturated rings. The molecule has 2 amide bonds. The number of hydrogen-bond acceptors (Lipinski definition) is 3. The molecule has 1 heterocycles. The minimum atomic E-state index is -0.0487. The molecule has 1 aliphatic heterocycles. The lowest BCUT2D eigenvalue weighted by Crippen LogP contribution is -2.47. The molecule has 1 saturated heterocycles. The number of nitrogens with zero attached hydrogens (tertiary/aromatic N) is 1. The number of carbonyl (C=O) groups excluding carboxylic acids is 2. The summed E-state index contributed by atoms with van der Waals surface area (Å²) >= 11 is 0. The zero-order valence-corrected chi connectivity index (χ0v) is 13.4. The van der Waals surface area contributed by atoms with Crippen molar-refractivity contribution in [2.45, 2.75) is 39.5 Å². The van der Waals surface area contributed by atoms with Gasteiger partial charge in [0.1, 0.15) is 0 Å². The zero-order valence-electron chi connectivity index (χ0n) is 12.6. The summed E-state index contributed by atoms with van der Waals surface area (Å²) < 4.78 is 0. The Labute approximate surface area is 128 Å². The first kappa shape index (κ1) is 19.2. The van der Waals surface area contributed by atoms with Crippen molar-refractivity contribution in [3.05, 3.63) is 0 Å². The molecule has 20 heavy (non-hydrogen) atoms. The Morgan fingerprint density at radius 1 is 1.30 bits per heavy atom. The van der Waals surface area contributed by atoms with Crippen LogP contribution in [0.15, 0.2) is 0 Å². The third-order valence-corrected chi connectivity index (χ3v) is 3.36. The van der Waals surface area contributed by atoms with Crippen molar-refractivity contribution in [3.8, 4) is 0 Å². The van der Waals surface area contributed by atoms with Crippen molar-refractivity contribution in [2.24, 2.45) is 5.92 Å². The van der Waals surface area contributed by atoms with E-state index >= 15 is 0 Å². The molecule has 0 radical (unpaired) electrons. The molecule has 0 saturated carbocycles. The van der Waals surface area contributed by atoms with Gasteiger partial charge in [-0.15, -0.1) is 12.4 Å². The Hall–Kier alpha value is -0.810. The van der Waals surface area contributed by atoms with E-state index in [0.29, 0.717) is 13.1 Å². The van der Waals surface area contributed by atoms with Crippen LogP contribution in [-0.2, 0) is 9.59 Å². The van der Waals surface area contributed by atoms with Crippen molar-refractivity contribution >= 4 is 24.2 Å². The van der Waals surface area contributed by atoms with Crippen molar-refractivity contribution in [1.82, 2.24) is 15.5 Å². The third kappa shape index (κ3) is 6.57. The molecule has 0 aromatic rings. The smallest absolute Gasteiger partial charge is 0.239 e. The van der Waals surface area contributed by atoms with Crippen LogP contribution >= 0.6 is 12.4 Å². The fraction of sp³-hybridized carbons (Fsp3) is 0.857. The largest absolute Gasteiger partial charge is 0.355 e. The molecule has 2 N–H and O–H groups in total. The first-order chi connectivity index (χ1) is 9.19. The Kier molecular flexibility index (Phi) is 10.5. The molecule has 1 rings (SSSR count). The number of halogens is 1. The molecular formula is C14H28ClN3O2. The zero-order chi connectivity index (χ0) is 14.1. The highest BCUT2D eigenvalue weighted by atomic mass is 35.5. The fourth-order valence-corrected chi connectivity index (χ4v) is 2.35. The lowest BCUT2D eigenvalue weighted by molar-refractivity contribution is -0.140. The Balaban J connectivity index is 0.00000361. The second-order valence-electron chi connectivity index (χ2n) is 5.15. The standard InChI is InChI=1S/C14H27N3O2.ClH/c1-3-7-16-13(18)11-17(9-4-2)14(19)12-6-5-8-15-10-12;/h12,15H,3-11H2,1-2H3,(H,16,18);1H. The topological polar surface area (TPSA) is 61.4 Å². The number of piperidine rings is 1. The summed E-state index contributed by atoms with van der Waals surface area (Å²) in [5, 5.41) is 6.08. The maximum atomic E-state index is 12.4. The van der Waals surface area contributed by atoms with E-state index in [1.165, 1.54) is 0 Å². The van der Waals surface area contributed by atoms with Gasteiger partial charge in [0.15, 0.2) is 0 Å². The van der Waals surface area contributed by atoms with E-state index in [0.717, 1.165) is 38.8 Å². The summed E-state index contributed by atoms with van der Waals surface area (Å²) in [5.41, 5.74) is 0. The highest BCUT2D eigenvalue weighted by molar-refractivity contribution is 5.86. The maximum absolute atomic E-state index is 12.4. The van der Waals surface area contributed by atoms with E-state index in [9.17, 15) is 9.59 Å². The first-order valence-electron chi connectivity index (χ1n) is 7.45. The van der Waals surface area contributed by atoms with Gasteiger partial charge >= 0.3 is 0 Å². The van der Waals surface area contributed by atoms with E-state index in [1.54, 1.807) is 4.90 Å². The lowest BCUT2D eigenvalue weighted by atomic mass is 9.98. The van der Waals surface area contributed by atoms with Crippen LogP contribution in [-0.4, -0.2) is 49.4 Å². The van der Waals surface area contributed by atoms with Gasteiger partial charge in [-0.1, -0.05) is 13.8 Å². The summed E-state index contributed by atoms with van der Waals surface area (Å²) in [5.74, 6) is 0.118. The quantitative estimate of drug-likeness (QED) is 0.742. The molecule has 0 aromatic heterocycles. The predicted molar refractivity (Wildman–Crippen MR) is 83.0 cm³/mol. The molecule has 5 nitrogen and oxygen atoms in total. The average molecular weight is 306 g/mol. The SMILES string of the molecule is CCCNC(=O)CN(CCC)C(=O)C1CCCNC1.Cl. The molecule has 0 spiro atoms. The van der Waals surface area contributed by atoms with Crippen LogP contribution in [0.25, 0.3) is 0 Å². The van der Waals surface area contributed by atoms with Crippen molar-refractivity contribution in [1.29, 1.82) is 0 Å². The average Bonchev–Trinajstić information content (AvgIpc) is 2.45. The summed E-state index contributed by atoms with van der Waals surface area (Å²) in [6.45, 7) is 7.33. The molecule has 1 unspecified atom stereocenters. The Morgan fingerprint density at radius 2 is 2.05 bits per heavy atom. The lowest BCUT2D eigenvalue weighted by Gasteiger charge is -2.29. The third-order valence-electron chi connectivity index (χ3n) is 3.36. The van der Waals surface area contributed by atoms with Crippen molar-refractivity contribution in [3.63, 3.8) is 0 Å². The van der Waals surface area contributed by atoms with Crippen molar-refractivity contribution in [2.75, 3.05) is 32.7 Å². The van der Waals surface area contributed by atoms with Crippen LogP contribution in [0, 0.1) is 5.92 Å². The molecule has 118 valence electrons. The van der Waals surface area contributed by atoms with Gasteiger partial charge in [-0.2, -0.15) is 0 Å². The summed E-state index contributed by atoms with van der Waals surface area (Å²) in [4.78, 5) is 25.9. The Morgan fingerprint density at radius 3 is 2.60 bits per heavy atom. The van der Waals surface area contributed by atoms with E-state index in [2.05, 4.69) is 10.6 Å². The van der Waals surface area contributed by atoms with Crippen LogP contribution in [0.5, 0.6) is 0 Å². The van der Waals surface area contributed by atoms with Gasteiger partial charge in [-0.05, 0) is 32.2 Å². The molecular weight excluding hydrogens is 278 g/mol. The Bertz CT molecular complexity index is 294. The first-order valence-corrected chi connectivity index (χ1v) is 7.45. The summed E-state index contributed by atoms with van der Waals surface area (Å²) in [6.07, 6.45) is 3.77. The number of amides is 2. The van der Waals surface area contributed by atoms with Gasteiger partial charge in [0.25, 0.3) is 0 Å². The molecule has 1 atom stereocenters. The van der Waals surface area contributed by atoms with E-state index < -0.39 is 0 Å². The molecule has 0 aliphatic carbocycles. The maximum Gasteiger partial charge on any atom is 0.239 e. The van der Waals surface area contributed by atoms with Crippen LogP contribution < -0.4 is 10.6 Å². The number of hydrogen-bond donors (Lipinski definition) is 2. The normalized spacial score (nSPS) is 18.0. The number of rotatable bonds is 7. The number of carbonyl (C=O) groups is 2. The molecule has 6 heteroatoms. The van der Waals surface area contributed by atoms with Gasteiger partial charge in [0.2, 0.25) is 11.8 Å². The monoisotopic (exact) mass is 305 g/mol. The highest BCUT2D eigenvalue weighted by Gasteiger charge is 2.26.